The van der Waals surface area contributed by atoms with Gasteiger partial charge in [-0.15, -0.1) is 0 Å². The van der Waals surface area contributed by atoms with Crippen molar-refractivity contribution in [3.8, 4) is 0 Å². The molecule has 0 N–H and O–H groups in total. The van der Waals surface area contributed by atoms with Crippen LogP contribution in [0.25, 0.3) is 0 Å². The molecule has 121 valence electrons. The van der Waals surface area contributed by atoms with E-state index in [0.717, 1.165) is 16.3 Å². The summed E-state index contributed by atoms with van der Waals surface area (Å²) in [4.78, 5) is 13.7. The molecule has 1 heterocycles. The van der Waals surface area contributed by atoms with E-state index in [-0.39, 0.29) is 0 Å². The Kier molecular flexibility index (Phi) is 6.98. The van der Waals surface area contributed by atoms with Crippen LogP contribution in [0, 0.1) is 0 Å². The topological polar surface area (TPSA) is 20.3 Å². The molecule has 1 aliphatic rings. The zero-order valence-corrected chi connectivity index (χ0v) is 15.6. The molecule has 0 aliphatic carbocycles. The van der Waals surface area contributed by atoms with E-state index in [1.807, 2.05) is 6.07 Å². The molecule has 0 aromatic heterocycles. The van der Waals surface area contributed by atoms with Gasteiger partial charge in [-0.1, -0.05) is 0 Å². The van der Waals surface area contributed by atoms with Gasteiger partial charge in [0.1, 0.15) is 0 Å². The Bertz CT molecular complexity index is 472. The van der Waals surface area contributed by atoms with Crippen molar-refractivity contribution in [2.24, 2.45) is 0 Å². The SMILES string of the molecule is CCCCC1CCC(CCCC)N1c1ccc(C=O)c([Se])c1. The number of rotatable bonds is 8. The zero-order chi connectivity index (χ0) is 15.9. The Morgan fingerprint density at radius 1 is 1.14 bits per heavy atom. The molecule has 1 aromatic rings. The van der Waals surface area contributed by atoms with Gasteiger partial charge < -0.3 is 0 Å². The van der Waals surface area contributed by atoms with Gasteiger partial charge in [0, 0.05) is 0 Å². The summed E-state index contributed by atoms with van der Waals surface area (Å²) in [7, 11) is 0. The van der Waals surface area contributed by atoms with Gasteiger partial charge in [0.25, 0.3) is 0 Å². The van der Waals surface area contributed by atoms with Crippen molar-refractivity contribution in [2.75, 3.05) is 4.90 Å². The molecule has 0 saturated carbocycles. The standard InChI is InChI=1S/C19H28NOSe/c1-3-5-7-16-11-12-17(8-6-4-2)20(16)18-10-9-15(14-21)19(22)13-18/h9-10,13-14,16-17H,3-8,11-12H2,1-2H3. The molecule has 1 radical (unpaired) electrons. The molecule has 2 unspecified atom stereocenters. The number of anilines is 1. The van der Waals surface area contributed by atoms with Crippen molar-refractivity contribution >= 4 is 32.4 Å². The molecule has 0 spiro atoms. The predicted octanol–water partition coefficient (Wildman–Crippen LogP) is 4.01. The molecule has 2 nitrogen and oxygen atoms in total. The van der Waals surface area contributed by atoms with Crippen LogP contribution >= 0.6 is 0 Å². The number of unbranched alkanes of at least 4 members (excludes halogenated alkanes) is 2. The first-order valence-electron chi connectivity index (χ1n) is 8.75. The number of carbonyl (C=O) groups excluding carboxylic acids is 1. The van der Waals surface area contributed by atoms with Crippen molar-refractivity contribution < 1.29 is 4.79 Å². The van der Waals surface area contributed by atoms with Crippen LogP contribution in [0.2, 0.25) is 0 Å². The number of aldehydes is 1. The van der Waals surface area contributed by atoms with E-state index in [4.69, 9.17) is 0 Å². The van der Waals surface area contributed by atoms with E-state index in [1.54, 1.807) is 0 Å². The average molecular weight is 365 g/mol. The Labute approximate surface area is 143 Å². The molecule has 0 amide bonds. The number of nitrogens with zero attached hydrogens (tertiary/aromatic N) is 1. The monoisotopic (exact) mass is 366 g/mol. The third-order valence-corrected chi connectivity index (χ3v) is 5.57. The van der Waals surface area contributed by atoms with Crippen molar-refractivity contribution in [3.63, 3.8) is 0 Å². The van der Waals surface area contributed by atoms with Gasteiger partial charge in [-0.3, -0.25) is 0 Å². The van der Waals surface area contributed by atoms with Crippen LogP contribution in [0.1, 0.15) is 75.6 Å². The minimum atomic E-state index is 0.670. The summed E-state index contributed by atoms with van der Waals surface area (Å²) in [6.07, 6.45) is 11.3. The van der Waals surface area contributed by atoms with Crippen molar-refractivity contribution in [1.82, 2.24) is 0 Å². The molecular formula is C19H28NOSe. The maximum absolute atomic E-state index is 11.0. The number of hydrogen-bond acceptors (Lipinski definition) is 2. The summed E-state index contributed by atoms with van der Waals surface area (Å²) < 4.78 is 0.975. The Morgan fingerprint density at radius 2 is 1.73 bits per heavy atom. The molecule has 1 fully saturated rings. The Balaban J connectivity index is 2.22. The van der Waals surface area contributed by atoms with Crippen LogP contribution in [-0.4, -0.2) is 34.4 Å². The van der Waals surface area contributed by atoms with Crippen molar-refractivity contribution in [2.45, 2.75) is 77.3 Å². The molecule has 1 aromatic carbocycles. The van der Waals surface area contributed by atoms with E-state index in [0.29, 0.717) is 12.1 Å². The van der Waals surface area contributed by atoms with Gasteiger partial charge in [0.05, 0.1) is 0 Å². The van der Waals surface area contributed by atoms with Gasteiger partial charge >= 0.3 is 143 Å². The van der Waals surface area contributed by atoms with Crippen LogP contribution in [-0.2, 0) is 0 Å². The Hall–Kier alpha value is -0.791. The molecule has 3 heteroatoms. The molecule has 2 rings (SSSR count). The number of hydrogen-bond donors (Lipinski definition) is 0. The molecule has 22 heavy (non-hydrogen) atoms. The zero-order valence-electron chi connectivity index (χ0n) is 13.9. The van der Waals surface area contributed by atoms with Gasteiger partial charge in [0.2, 0.25) is 0 Å². The molecule has 1 saturated heterocycles. The first-order valence-corrected chi connectivity index (χ1v) is 9.61. The molecule has 2 atom stereocenters. The second-order valence-corrected chi connectivity index (χ2v) is 7.34. The first kappa shape index (κ1) is 17.6. The fourth-order valence-electron chi connectivity index (χ4n) is 3.61. The van der Waals surface area contributed by atoms with E-state index in [2.05, 4.69) is 46.9 Å². The minimum absolute atomic E-state index is 0.670. The summed E-state index contributed by atoms with van der Waals surface area (Å²) in [5, 5.41) is 0. The van der Waals surface area contributed by atoms with Gasteiger partial charge in [-0.05, 0) is 0 Å². The van der Waals surface area contributed by atoms with Crippen LogP contribution in [0.15, 0.2) is 18.2 Å². The Morgan fingerprint density at radius 3 is 2.18 bits per heavy atom. The first-order chi connectivity index (χ1) is 10.7. The van der Waals surface area contributed by atoms with E-state index >= 15 is 0 Å². The van der Waals surface area contributed by atoms with Gasteiger partial charge in [-0.25, -0.2) is 0 Å². The summed E-state index contributed by atoms with van der Waals surface area (Å²) in [6, 6.07) is 7.59. The van der Waals surface area contributed by atoms with Gasteiger partial charge in [-0.2, -0.15) is 0 Å². The van der Waals surface area contributed by atoms with Crippen LogP contribution in [0.5, 0.6) is 0 Å². The average Bonchev–Trinajstić information content (AvgIpc) is 2.93. The summed E-state index contributed by atoms with van der Waals surface area (Å²) in [5.41, 5.74) is 2.05. The van der Waals surface area contributed by atoms with Gasteiger partial charge in [0.15, 0.2) is 0 Å². The quantitative estimate of drug-likeness (QED) is 0.512. The number of benzene rings is 1. The fourth-order valence-corrected chi connectivity index (χ4v) is 4.11. The van der Waals surface area contributed by atoms with E-state index in [1.165, 1.54) is 57.1 Å². The molecular weight excluding hydrogens is 337 g/mol. The third-order valence-electron chi connectivity index (χ3n) is 4.82. The maximum atomic E-state index is 11.0. The van der Waals surface area contributed by atoms with Crippen LogP contribution in [0.4, 0.5) is 5.69 Å². The molecule has 0 bridgehead atoms. The van der Waals surface area contributed by atoms with Crippen LogP contribution < -0.4 is 9.36 Å². The number of carbonyl (C=O) groups is 1. The summed E-state index contributed by atoms with van der Waals surface area (Å²) in [5.74, 6) is 0. The normalized spacial score (nSPS) is 21.3. The molecule has 1 aliphatic heterocycles. The summed E-state index contributed by atoms with van der Waals surface area (Å²) in [6.45, 7) is 4.54. The second kappa shape index (κ2) is 8.74. The fraction of sp³-hybridized carbons (Fsp3) is 0.632. The summed E-state index contributed by atoms with van der Waals surface area (Å²) >= 11 is 3.04. The van der Waals surface area contributed by atoms with Crippen LogP contribution in [0.3, 0.4) is 0 Å². The van der Waals surface area contributed by atoms with E-state index < -0.39 is 0 Å². The van der Waals surface area contributed by atoms with Crippen molar-refractivity contribution in [3.05, 3.63) is 23.8 Å². The van der Waals surface area contributed by atoms with Crippen molar-refractivity contribution in [1.29, 1.82) is 0 Å². The predicted molar refractivity (Wildman–Crippen MR) is 95.6 cm³/mol. The van der Waals surface area contributed by atoms with E-state index in [9.17, 15) is 4.79 Å². The second-order valence-electron chi connectivity index (χ2n) is 6.42. The third kappa shape index (κ3) is 4.14.